The van der Waals surface area contributed by atoms with Crippen LogP contribution in [0.5, 0.6) is 11.5 Å². The fourth-order valence-corrected chi connectivity index (χ4v) is 4.07. The van der Waals surface area contributed by atoms with Crippen LogP contribution < -0.4 is 9.47 Å². The Balaban J connectivity index is 1.32. The van der Waals surface area contributed by atoms with E-state index in [-0.39, 0.29) is 13.2 Å². The number of rotatable bonds is 9. The highest BCUT2D eigenvalue weighted by molar-refractivity contribution is 6.30. The topological polar surface area (TPSA) is 69.0 Å². The highest BCUT2D eigenvalue weighted by Crippen LogP contribution is 2.22. The van der Waals surface area contributed by atoms with Crippen molar-refractivity contribution in [1.82, 2.24) is 14.5 Å². The molecule has 0 amide bonds. The number of aliphatic hydroxyl groups is 1. The lowest BCUT2D eigenvalue weighted by Crippen LogP contribution is -2.48. The van der Waals surface area contributed by atoms with Crippen LogP contribution in [-0.4, -0.2) is 64.7 Å². The maximum absolute atomic E-state index is 11.2. The summed E-state index contributed by atoms with van der Waals surface area (Å²) in [5.74, 6) is 2.43. The third kappa shape index (κ3) is 6.95. The SMILES string of the molecule is Cc1nccn1CCOc1cccc(CN2CCOCC(O)(COc3cccc(Cl)c3)C2)c1. The summed E-state index contributed by atoms with van der Waals surface area (Å²) in [6.45, 7) is 6.05. The molecule has 1 N–H and O–H groups in total. The first-order valence-corrected chi connectivity index (χ1v) is 11.5. The van der Waals surface area contributed by atoms with Crippen LogP contribution in [0, 0.1) is 6.92 Å². The molecule has 8 heteroatoms. The molecule has 0 saturated carbocycles. The molecule has 3 aromatic rings. The van der Waals surface area contributed by atoms with E-state index >= 15 is 0 Å². The molecule has 7 nitrogen and oxygen atoms in total. The number of hydrogen-bond acceptors (Lipinski definition) is 6. The number of aromatic nitrogens is 2. The maximum atomic E-state index is 11.2. The van der Waals surface area contributed by atoms with Crippen molar-refractivity contribution in [3.05, 3.63) is 77.3 Å². The zero-order valence-electron chi connectivity index (χ0n) is 18.8. The van der Waals surface area contributed by atoms with E-state index in [4.69, 9.17) is 25.8 Å². The summed E-state index contributed by atoms with van der Waals surface area (Å²) >= 11 is 6.03. The second-order valence-corrected chi connectivity index (χ2v) is 8.83. The van der Waals surface area contributed by atoms with Crippen LogP contribution in [-0.2, 0) is 17.8 Å². The van der Waals surface area contributed by atoms with Gasteiger partial charge in [0, 0.05) is 37.1 Å². The van der Waals surface area contributed by atoms with Gasteiger partial charge in [-0.25, -0.2) is 4.98 Å². The number of benzene rings is 2. The van der Waals surface area contributed by atoms with Gasteiger partial charge in [0.1, 0.15) is 36.1 Å². The first-order valence-electron chi connectivity index (χ1n) is 11.1. The number of ether oxygens (including phenoxy) is 3. The van der Waals surface area contributed by atoms with E-state index in [1.807, 2.05) is 43.5 Å². The molecule has 1 fully saturated rings. The molecule has 4 rings (SSSR count). The van der Waals surface area contributed by atoms with E-state index in [0.717, 1.165) is 30.2 Å². The largest absolute Gasteiger partial charge is 0.492 e. The molecule has 176 valence electrons. The fourth-order valence-electron chi connectivity index (χ4n) is 3.89. The minimum atomic E-state index is -1.12. The van der Waals surface area contributed by atoms with E-state index in [2.05, 4.69) is 20.5 Å². The molecule has 33 heavy (non-hydrogen) atoms. The molecule has 2 aromatic carbocycles. The molecule has 1 unspecified atom stereocenters. The fraction of sp³-hybridized carbons (Fsp3) is 0.400. The van der Waals surface area contributed by atoms with E-state index < -0.39 is 5.60 Å². The Hall–Kier alpha value is -2.58. The van der Waals surface area contributed by atoms with E-state index in [9.17, 15) is 5.11 Å². The van der Waals surface area contributed by atoms with Crippen molar-refractivity contribution < 1.29 is 19.3 Å². The van der Waals surface area contributed by atoms with Crippen LogP contribution in [0.15, 0.2) is 60.9 Å². The van der Waals surface area contributed by atoms with Crippen molar-refractivity contribution in [3.63, 3.8) is 0 Å². The highest BCUT2D eigenvalue weighted by atomic mass is 35.5. The summed E-state index contributed by atoms with van der Waals surface area (Å²) < 4.78 is 19.5. The number of β-amino-alcohol motifs (C(OH)–C–C–N with tert-alkyl or cyclic N) is 1. The summed E-state index contributed by atoms with van der Waals surface area (Å²) in [6, 6.07) is 15.2. The molecule has 1 aliphatic heterocycles. The lowest BCUT2D eigenvalue weighted by Gasteiger charge is -2.30. The summed E-state index contributed by atoms with van der Waals surface area (Å²) in [6.07, 6.45) is 3.75. The normalized spacial score (nSPS) is 19.2. The van der Waals surface area contributed by atoms with Crippen LogP contribution in [0.4, 0.5) is 0 Å². The first-order chi connectivity index (χ1) is 16.0. The lowest BCUT2D eigenvalue weighted by molar-refractivity contribution is -0.0646. The third-order valence-corrected chi connectivity index (χ3v) is 5.81. The van der Waals surface area contributed by atoms with Gasteiger partial charge in [-0.3, -0.25) is 4.90 Å². The van der Waals surface area contributed by atoms with Crippen LogP contribution in [0.1, 0.15) is 11.4 Å². The Morgan fingerprint density at radius 1 is 1.15 bits per heavy atom. The van der Waals surface area contributed by atoms with Gasteiger partial charge in [0.2, 0.25) is 0 Å². The van der Waals surface area contributed by atoms with Crippen LogP contribution in [0.2, 0.25) is 5.02 Å². The van der Waals surface area contributed by atoms with Gasteiger partial charge >= 0.3 is 0 Å². The van der Waals surface area contributed by atoms with Gasteiger partial charge in [0.15, 0.2) is 0 Å². The zero-order valence-corrected chi connectivity index (χ0v) is 19.6. The predicted molar refractivity (Wildman–Crippen MR) is 127 cm³/mol. The van der Waals surface area contributed by atoms with Gasteiger partial charge < -0.3 is 23.9 Å². The summed E-state index contributed by atoms with van der Waals surface area (Å²) in [4.78, 5) is 6.41. The van der Waals surface area contributed by atoms with E-state index in [0.29, 0.717) is 37.1 Å². The maximum Gasteiger partial charge on any atom is 0.134 e. The number of imidazole rings is 1. The number of nitrogens with zero attached hydrogens (tertiary/aromatic N) is 3. The smallest absolute Gasteiger partial charge is 0.134 e. The van der Waals surface area contributed by atoms with Gasteiger partial charge in [-0.05, 0) is 42.8 Å². The van der Waals surface area contributed by atoms with Crippen molar-refractivity contribution in [3.8, 4) is 11.5 Å². The number of halogens is 1. The minimum Gasteiger partial charge on any atom is -0.492 e. The quantitative estimate of drug-likeness (QED) is 0.514. The second kappa shape index (κ2) is 11.0. The molecule has 1 aromatic heterocycles. The first kappa shape index (κ1) is 23.6. The van der Waals surface area contributed by atoms with Gasteiger partial charge in [-0.2, -0.15) is 0 Å². The molecule has 0 radical (unpaired) electrons. The molecule has 1 atom stereocenters. The average molecular weight is 472 g/mol. The monoisotopic (exact) mass is 471 g/mol. The number of aryl methyl sites for hydroxylation is 1. The Morgan fingerprint density at radius 3 is 2.76 bits per heavy atom. The van der Waals surface area contributed by atoms with Crippen molar-refractivity contribution in [1.29, 1.82) is 0 Å². The molecular formula is C25H30ClN3O4. The summed E-state index contributed by atoms with van der Waals surface area (Å²) in [7, 11) is 0. The van der Waals surface area contributed by atoms with Gasteiger partial charge in [-0.1, -0.05) is 29.8 Å². The Morgan fingerprint density at radius 2 is 1.97 bits per heavy atom. The Labute approximate surface area is 199 Å². The molecule has 1 saturated heterocycles. The molecule has 0 bridgehead atoms. The van der Waals surface area contributed by atoms with Gasteiger partial charge in [-0.15, -0.1) is 0 Å². The van der Waals surface area contributed by atoms with Gasteiger partial charge in [0.25, 0.3) is 0 Å². The van der Waals surface area contributed by atoms with Crippen LogP contribution >= 0.6 is 11.6 Å². The van der Waals surface area contributed by atoms with Gasteiger partial charge in [0.05, 0.1) is 19.8 Å². The predicted octanol–water partition coefficient (Wildman–Crippen LogP) is 3.57. The van der Waals surface area contributed by atoms with Crippen LogP contribution in [0.25, 0.3) is 0 Å². The third-order valence-electron chi connectivity index (χ3n) is 5.57. The standard InChI is InChI=1S/C25H30ClN3O4/c1-20-27-8-9-29(20)11-13-32-23-6-2-4-21(14-23)16-28-10-12-31-18-25(30,17-28)19-33-24-7-3-5-22(26)15-24/h2-9,14-15,30H,10-13,16-19H2,1H3. The summed E-state index contributed by atoms with van der Waals surface area (Å²) in [5, 5.41) is 11.8. The van der Waals surface area contributed by atoms with Crippen molar-refractivity contribution in [2.75, 3.05) is 39.5 Å². The molecule has 2 heterocycles. The molecule has 0 spiro atoms. The van der Waals surface area contributed by atoms with E-state index in [1.54, 1.807) is 18.3 Å². The minimum absolute atomic E-state index is 0.126. The number of hydrogen-bond donors (Lipinski definition) is 1. The molecule has 0 aliphatic carbocycles. The summed E-state index contributed by atoms with van der Waals surface area (Å²) in [5.41, 5.74) is 0.00148. The van der Waals surface area contributed by atoms with Crippen LogP contribution in [0.3, 0.4) is 0 Å². The van der Waals surface area contributed by atoms with Crippen molar-refractivity contribution in [2.45, 2.75) is 25.6 Å². The molecule has 1 aliphatic rings. The second-order valence-electron chi connectivity index (χ2n) is 8.40. The zero-order chi connectivity index (χ0) is 23.1. The van der Waals surface area contributed by atoms with Crippen molar-refractivity contribution in [2.24, 2.45) is 0 Å². The Bertz CT molecular complexity index is 1040. The highest BCUT2D eigenvalue weighted by Gasteiger charge is 2.33. The van der Waals surface area contributed by atoms with Crippen molar-refractivity contribution >= 4 is 11.6 Å². The average Bonchev–Trinajstić information content (AvgIpc) is 3.10. The Kier molecular flexibility index (Phi) is 7.88. The lowest BCUT2D eigenvalue weighted by atomic mass is 10.1. The van der Waals surface area contributed by atoms with E-state index in [1.165, 1.54) is 0 Å². The molecular weight excluding hydrogens is 442 g/mol.